The van der Waals surface area contributed by atoms with Gasteiger partial charge in [-0.2, -0.15) is 0 Å². The summed E-state index contributed by atoms with van der Waals surface area (Å²) in [5, 5.41) is 1.95. The number of nitrogens with zero attached hydrogens (tertiary/aromatic N) is 3. The number of rotatable bonds is 5. The van der Waals surface area contributed by atoms with E-state index in [0.29, 0.717) is 39.1 Å². The topological polar surface area (TPSA) is 78.0 Å². The molecule has 0 saturated carbocycles. The fourth-order valence-electron chi connectivity index (χ4n) is 4.33. The molecule has 0 bridgehead atoms. The van der Waals surface area contributed by atoms with Gasteiger partial charge in [-0.1, -0.05) is 37.7 Å². The van der Waals surface area contributed by atoms with Crippen LogP contribution in [0, 0.1) is 13.8 Å². The molecule has 0 atom stereocenters. The van der Waals surface area contributed by atoms with Crippen molar-refractivity contribution < 1.29 is 4.42 Å². The lowest BCUT2D eigenvalue weighted by atomic mass is 9.95. The second kappa shape index (κ2) is 9.15. The lowest BCUT2D eigenvalue weighted by Crippen LogP contribution is -2.22. The summed E-state index contributed by atoms with van der Waals surface area (Å²) in [7, 11) is 0. The molecule has 0 amide bonds. The third kappa shape index (κ3) is 4.39. The van der Waals surface area contributed by atoms with Crippen LogP contribution in [-0.4, -0.2) is 14.5 Å². The molecule has 0 aliphatic carbocycles. The highest BCUT2D eigenvalue weighted by molar-refractivity contribution is 7.98. The van der Waals surface area contributed by atoms with E-state index in [4.69, 9.17) is 9.40 Å². The molecule has 6 nitrogen and oxygen atoms in total. The molecule has 0 saturated heterocycles. The normalized spacial score (nSPS) is 11.6. The summed E-state index contributed by atoms with van der Waals surface area (Å²) < 4.78 is 7.06. The molecule has 176 valence electrons. The predicted molar refractivity (Wildman–Crippen MR) is 141 cm³/mol. The van der Waals surface area contributed by atoms with Crippen molar-refractivity contribution in [3.63, 3.8) is 0 Å². The molecule has 3 heterocycles. The van der Waals surface area contributed by atoms with Crippen molar-refractivity contribution in [1.29, 1.82) is 0 Å². The van der Waals surface area contributed by atoms with Crippen molar-refractivity contribution in [1.82, 2.24) is 14.5 Å². The number of pyridine rings is 1. The Morgan fingerprint density at radius 3 is 2.57 bits per heavy atom. The number of hydrogen-bond donors (Lipinski definition) is 0. The van der Waals surface area contributed by atoms with Crippen LogP contribution in [0.1, 0.15) is 42.0 Å². The second-order valence-corrected chi connectivity index (χ2v) is 9.92. The largest absolute Gasteiger partial charge is 0.423 e. The number of aromatic nitrogens is 3. The number of fused-ring (bicyclic) bond motifs is 2. The van der Waals surface area contributed by atoms with Crippen LogP contribution < -0.4 is 11.2 Å². The highest BCUT2D eigenvalue weighted by Crippen LogP contribution is 2.31. The fraction of sp³-hybridized carbons (Fsp3) is 0.214. The zero-order valence-corrected chi connectivity index (χ0v) is 20.8. The maximum atomic E-state index is 13.5. The molecule has 0 radical (unpaired) electrons. The minimum absolute atomic E-state index is 0.175. The van der Waals surface area contributed by atoms with Crippen molar-refractivity contribution in [3.05, 3.63) is 104 Å². The predicted octanol–water partition coefficient (Wildman–Crippen LogP) is 5.92. The van der Waals surface area contributed by atoms with Gasteiger partial charge in [0.15, 0.2) is 5.16 Å². The highest BCUT2D eigenvalue weighted by Gasteiger charge is 2.17. The summed E-state index contributed by atoms with van der Waals surface area (Å²) in [5.41, 5.74) is 4.76. The average Bonchev–Trinajstić information content (AvgIpc) is 2.82. The third-order valence-electron chi connectivity index (χ3n) is 6.07. The molecule has 2 aromatic carbocycles. The van der Waals surface area contributed by atoms with E-state index in [0.717, 1.165) is 22.1 Å². The number of aryl methyl sites for hydroxylation is 2. The van der Waals surface area contributed by atoms with Gasteiger partial charge < -0.3 is 4.42 Å². The van der Waals surface area contributed by atoms with Gasteiger partial charge in [0.2, 0.25) is 0 Å². The van der Waals surface area contributed by atoms with Crippen LogP contribution in [0.5, 0.6) is 0 Å². The number of para-hydroxylation sites is 1. The fourth-order valence-corrected chi connectivity index (χ4v) is 5.32. The molecule has 5 aromatic rings. The van der Waals surface area contributed by atoms with Crippen LogP contribution in [0.4, 0.5) is 0 Å². The molecule has 0 N–H and O–H groups in total. The smallest absolute Gasteiger partial charge is 0.336 e. The lowest BCUT2D eigenvalue weighted by Gasteiger charge is -2.14. The van der Waals surface area contributed by atoms with Crippen molar-refractivity contribution in [3.8, 4) is 5.82 Å². The Hall–Kier alpha value is -3.71. The number of hydrogen-bond acceptors (Lipinski definition) is 6. The molecule has 0 aliphatic heterocycles. The van der Waals surface area contributed by atoms with Gasteiger partial charge in [-0.15, -0.1) is 0 Å². The first kappa shape index (κ1) is 23.1. The SMILES string of the molecule is Cc1ccnc(-n2c(SCc3cc(=O)oc4cc(C)c(C(C)C)cc34)nc3ccccc3c2=O)c1. The van der Waals surface area contributed by atoms with Gasteiger partial charge in [-0.25, -0.2) is 19.3 Å². The van der Waals surface area contributed by atoms with E-state index in [1.165, 1.54) is 23.4 Å². The molecule has 0 unspecified atom stereocenters. The van der Waals surface area contributed by atoms with Gasteiger partial charge in [0, 0.05) is 23.4 Å². The molecule has 0 spiro atoms. The Labute approximate surface area is 206 Å². The van der Waals surface area contributed by atoms with Crippen molar-refractivity contribution in [2.45, 2.75) is 44.5 Å². The van der Waals surface area contributed by atoms with Crippen LogP contribution in [-0.2, 0) is 5.75 Å². The van der Waals surface area contributed by atoms with Gasteiger partial charge in [0.1, 0.15) is 11.4 Å². The summed E-state index contributed by atoms with van der Waals surface area (Å²) in [6.07, 6.45) is 1.69. The van der Waals surface area contributed by atoms with Crippen molar-refractivity contribution in [2.24, 2.45) is 0 Å². The van der Waals surface area contributed by atoms with Crippen LogP contribution in [0.25, 0.3) is 27.7 Å². The summed E-state index contributed by atoms with van der Waals surface area (Å²) in [6.45, 7) is 8.28. The van der Waals surface area contributed by atoms with Crippen molar-refractivity contribution >= 4 is 33.6 Å². The van der Waals surface area contributed by atoms with Gasteiger partial charge >= 0.3 is 5.63 Å². The van der Waals surface area contributed by atoms with Gasteiger partial charge in [-0.3, -0.25) is 4.79 Å². The quantitative estimate of drug-likeness (QED) is 0.175. The van der Waals surface area contributed by atoms with E-state index in [1.54, 1.807) is 16.8 Å². The van der Waals surface area contributed by atoms with E-state index in [1.807, 2.05) is 50.2 Å². The Bertz CT molecular complexity index is 1700. The van der Waals surface area contributed by atoms with E-state index in [-0.39, 0.29) is 5.56 Å². The first-order valence-corrected chi connectivity index (χ1v) is 12.5. The van der Waals surface area contributed by atoms with Gasteiger partial charge in [-0.05, 0) is 78.4 Å². The third-order valence-corrected chi connectivity index (χ3v) is 7.06. The van der Waals surface area contributed by atoms with Crippen LogP contribution >= 0.6 is 11.8 Å². The Morgan fingerprint density at radius 1 is 1.00 bits per heavy atom. The summed E-state index contributed by atoms with van der Waals surface area (Å²) >= 11 is 1.40. The lowest BCUT2D eigenvalue weighted by molar-refractivity contribution is 0.559. The maximum absolute atomic E-state index is 13.5. The van der Waals surface area contributed by atoms with E-state index in [9.17, 15) is 9.59 Å². The molecule has 0 fully saturated rings. The van der Waals surface area contributed by atoms with E-state index < -0.39 is 5.63 Å². The standard InChI is InChI=1S/C28H25N3O3S/c1-16(2)21-14-22-19(13-26(32)34-24(22)12-18(21)4)15-35-28-30-23-8-6-5-7-20(23)27(33)31(28)25-11-17(3)9-10-29-25/h5-14,16H,15H2,1-4H3. The first-order chi connectivity index (χ1) is 16.8. The molecule has 5 rings (SSSR count). The highest BCUT2D eigenvalue weighted by atomic mass is 32.2. The second-order valence-electron chi connectivity index (χ2n) is 8.98. The molecular weight excluding hydrogens is 458 g/mol. The Balaban J connectivity index is 1.65. The number of thioether (sulfide) groups is 1. The van der Waals surface area contributed by atoms with Gasteiger partial charge in [0.25, 0.3) is 5.56 Å². The zero-order chi connectivity index (χ0) is 24.7. The van der Waals surface area contributed by atoms with Crippen LogP contribution in [0.3, 0.4) is 0 Å². The maximum Gasteiger partial charge on any atom is 0.336 e. The molecular formula is C28H25N3O3S. The summed E-state index contributed by atoms with van der Waals surface area (Å²) in [4.78, 5) is 35.1. The average molecular weight is 484 g/mol. The van der Waals surface area contributed by atoms with Gasteiger partial charge in [0.05, 0.1) is 10.9 Å². The van der Waals surface area contributed by atoms with Crippen molar-refractivity contribution in [2.75, 3.05) is 0 Å². The molecule has 35 heavy (non-hydrogen) atoms. The molecule has 0 aliphatic rings. The van der Waals surface area contributed by atoms with E-state index >= 15 is 0 Å². The molecule has 7 heteroatoms. The minimum Gasteiger partial charge on any atom is -0.423 e. The summed E-state index contributed by atoms with van der Waals surface area (Å²) in [6, 6.07) is 16.6. The van der Waals surface area contributed by atoms with Crippen LogP contribution in [0.15, 0.2) is 80.0 Å². The number of benzene rings is 2. The zero-order valence-electron chi connectivity index (χ0n) is 20.0. The first-order valence-electron chi connectivity index (χ1n) is 11.5. The molecule has 3 aromatic heterocycles. The monoisotopic (exact) mass is 483 g/mol. The minimum atomic E-state index is -0.394. The Morgan fingerprint density at radius 2 is 1.80 bits per heavy atom. The summed E-state index contributed by atoms with van der Waals surface area (Å²) in [5.74, 6) is 1.30. The van der Waals surface area contributed by atoms with E-state index in [2.05, 4.69) is 24.9 Å². The van der Waals surface area contributed by atoms with Crippen LogP contribution in [0.2, 0.25) is 0 Å². The Kier molecular flexibility index (Phi) is 6.03.